The smallest absolute Gasteiger partial charge is 0.274 e. The minimum atomic E-state index is -0.0623. The monoisotopic (exact) mass is 479 g/mol. The van der Waals surface area contributed by atoms with Gasteiger partial charge in [0.2, 0.25) is 5.82 Å². The normalized spacial score (nSPS) is 12.1. The lowest BCUT2D eigenvalue weighted by atomic mass is 9.98. The fourth-order valence-corrected chi connectivity index (χ4v) is 4.36. The first-order chi connectivity index (χ1) is 17.6. The lowest BCUT2D eigenvalue weighted by Gasteiger charge is -2.11. The minimum absolute atomic E-state index is 0.0623. The Morgan fingerprint density at radius 1 is 0.889 bits per heavy atom. The van der Waals surface area contributed by atoms with Crippen LogP contribution in [0.4, 0.5) is 0 Å². The van der Waals surface area contributed by atoms with Crippen molar-refractivity contribution in [3.63, 3.8) is 0 Å². The molecule has 0 saturated carbocycles. The van der Waals surface area contributed by atoms with Gasteiger partial charge in [0.05, 0.1) is 13.1 Å². The molecule has 8 nitrogen and oxygen atoms in total. The number of aromatic nitrogens is 7. The van der Waals surface area contributed by atoms with Gasteiger partial charge < -0.3 is 0 Å². The van der Waals surface area contributed by atoms with Crippen LogP contribution in [-0.4, -0.2) is 35.0 Å². The highest BCUT2D eigenvalue weighted by Gasteiger charge is 2.18. The van der Waals surface area contributed by atoms with Crippen molar-refractivity contribution in [2.24, 2.45) is 0 Å². The van der Waals surface area contributed by atoms with Crippen LogP contribution >= 0.6 is 0 Å². The number of nitrogens with one attached hydrogen (secondary N) is 1. The van der Waals surface area contributed by atoms with Crippen molar-refractivity contribution in [2.45, 2.75) is 45.7 Å². The maximum atomic E-state index is 13.3. The Kier molecular flexibility index (Phi) is 6.84. The van der Waals surface area contributed by atoms with Gasteiger partial charge in [-0.05, 0) is 40.3 Å². The van der Waals surface area contributed by atoms with E-state index in [1.165, 1.54) is 5.56 Å². The number of hydrogen-bond acceptors (Lipinski definition) is 5. The van der Waals surface area contributed by atoms with E-state index in [0.717, 1.165) is 40.9 Å². The van der Waals surface area contributed by atoms with Gasteiger partial charge in [0, 0.05) is 11.5 Å². The van der Waals surface area contributed by atoms with Crippen LogP contribution in [-0.2, 0) is 19.5 Å². The largest absolute Gasteiger partial charge is 0.346 e. The first kappa shape index (κ1) is 23.4. The van der Waals surface area contributed by atoms with Crippen LogP contribution in [0.15, 0.2) is 83.7 Å². The van der Waals surface area contributed by atoms with Crippen molar-refractivity contribution >= 4 is 0 Å². The van der Waals surface area contributed by atoms with Crippen molar-refractivity contribution < 1.29 is 0 Å². The molecule has 3 aromatic carbocycles. The summed E-state index contributed by atoms with van der Waals surface area (Å²) in [5.74, 6) is 1.58. The quantitative estimate of drug-likeness (QED) is 0.331. The number of benzene rings is 3. The van der Waals surface area contributed by atoms with Crippen LogP contribution < -0.4 is 5.69 Å². The predicted molar refractivity (Wildman–Crippen MR) is 139 cm³/mol. The lowest BCUT2D eigenvalue weighted by Crippen LogP contribution is -2.26. The van der Waals surface area contributed by atoms with Crippen molar-refractivity contribution in [3.05, 3.63) is 106 Å². The zero-order chi connectivity index (χ0) is 24.9. The molecule has 0 spiro atoms. The highest BCUT2D eigenvalue weighted by Crippen LogP contribution is 2.30. The van der Waals surface area contributed by atoms with E-state index in [2.05, 4.69) is 70.9 Å². The Labute approximate surface area is 209 Å². The van der Waals surface area contributed by atoms with Gasteiger partial charge in [-0.2, -0.15) is 10.3 Å². The number of rotatable bonds is 9. The summed E-state index contributed by atoms with van der Waals surface area (Å²) in [4.78, 5) is 13.3. The Morgan fingerprint density at radius 3 is 2.31 bits per heavy atom. The summed E-state index contributed by atoms with van der Waals surface area (Å²) in [7, 11) is 0. The topological polar surface area (TPSA) is 94.3 Å². The second-order valence-corrected chi connectivity index (χ2v) is 8.97. The molecule has 5 aromatic rings. The third-order valence-electron chi connectivity index (χ3n) is 6.58. The number of hydrogen-bond donors (Lipinski definition) is 1. The van der Waals surface area contributed by atoms with E-state index in [4.69, 9.17) is 5.10 Å². The van der Waals surface area contributed by atoms with E-state index in [-0.39, 0.29) is 11.6 Å². The van der Waals surface area contributed by atoms with Crippen molar-refractivity contribution in [2.75, 3.05) is 0 Å². The molecule has 0 bridgehead atoms. The zero-order valence-electron chi connectivity index (χ0n) is 20.5. The molecular weight excluding hydrogens is 450 g/mol. The zero-order valence-corrected chi connectivity index (χ0v) is 20.5. The maximum Gasteiger partial charge on any atom is 0.346 e. The van der Waals surface area contributed by atoms with Crippen LogP contribution in [0, 0.1) is 0 Å². The molecule has 1 atom stereocenters. The molecule has 8 heteroatoms. The molecule has 2 aromatic heterocycles. The van der Waals surface area contributed by atoms with Crippen molar-refractivity contribution in [3.8, 4) is 22.5 Å². The predicted octanol–water partition coefficient (Wildman–Crippen LogP) is 4.70. The standard InChI is InChI=1S/C28H29N7O/c1-3-20(2)27-31-35(18-17-21-9-5-4-6-10-21)28(36)34(27)19-22-13-15-23(16-14-22)24-11-7-8-12-25(24)26-29-32-33-30-26/h4-16,20H,3,17-19H2,1-2H3,(H,29,30,32,33). The molecule has 0 aliphatic carbocycles. The van der Waals surface area contributed by atoms with Gasteiger partial charge in [0.25, 0.3) is 0 Å². The van der Waals surface area contributed by atoms with E-state index in [0.29, 0.717) is 18.9 Å². The molecule has 0 amide bonds. The van der Waals surface area contributed by atoms with E-state index < -0.39 is 0 Å². The summed E-state index contributed by atoms with van der Waals surface area (Å²) in [5.41, 5.74) is 5.16. The number of aromatic amines is 1. The second kappa shape index (κ2) is 10.5. The van der Waals surface area contributed by atoms with Crippen LogP contribution in [0.2, 0.25) is 0 Å². The third kappa shape index (κ3) is 4.88. The number of tetrazole rings is 1. The van der Waals surface area contributed by atoms with Gasteiger partial charge in [-0.25, -0.2) is 9.48 Å². The molecule has 1 unspecified atom stereocenters. The summed E-state index contributed by atoms with van der Waals surface area (Å²) in [6.45, 7) is 5.29. The number of H-pyrrole nitrogens is 1. The van der Waals surface area contributed by atoms with Crippen LogP contribution in [0.5, 0.6) is 0 Å². The maximum absolute atomic E-state index is 13.3. The molecule has 5 rings (SSSR count). The molecule has 0 radical (unpaired) electrons. The Hall–Kier alpha value is -4.33. The molecule has 0 saturated heterocycles. The van der Waals surface area contributed by atoms with Gasteiger partial charge in [-0.3, -0.25) is 4.57 Å². The minimum Gasteiger partial charge on any atom is -0.274 e. The van der Waals surface area contributed by atoms with Crippen LogP contribution in [0.3, 0.4) is 0 Å². The summed E-state index contributed by atoms with van der Waals surface area (Å²) >= 11 is 0. The average molecular weight is 480 g/mol. The van der Waals surface area contributed by atoms with Crippen molar-refractivity contribution in [1.29, 1.82) is 0 Å². The SMILES string of the molecule is CCC(C)c1nn(CCc2ccccc2)c(=O)n1Cc1ccc(-c2ccccc2-c2nn[nH]n2)cc1. The molecule has 0 aliphatic rings. The third-order valence-corrected chi connectivity index (χ3v) is 6.58. The Bertz CT molecular complexity index is 1470. The molecular formula is C28H29N7O. The molecule has 0 fully saturated rings. The Balaban J connectivity index is 1.40. The highest BCUT2D eigenvalue weighted by atomic mass is 16.2. The number of aryl methyl sites for hydroxylation is 2. The summed E-state index contributed by atoms with van der Waals surface area (Å²) in [6, 6.07) is 26.5. The van der Waals surface area contributed by atoms with Gasteiger partial charge >= 0.3 is 5.69 Å². The van der Waals surface area contributed by atoms with Gasteiger partial charge in [-0.1, -0.05) is 92.7 Å². The van der Waals surface area contributed by atoms with E-state index in [1.807, 2.05) is 47.0 Å². The van der Waals surface area contributed by atoms with Gasteiger partial charge in [0.1, 0.15) is 5.82 Å². The fraction of sp³-hybridized carbons (Fsp3) is 0.250. The highest BCUT2D eigenvalue weighted by molar-refractivity contribution is 5.80. The lowest BCUT2D eigenvalue weighted by molar-refractivity contribution is 0.574. The van der Waals surface area contributed by atoms with Crippen molar-refractivity contribution in [1.82, 2.24) is 35.0 Å². The average Bonchev–Trinajstić information content (AvgIpc) is 3.57. The summed E-state index contributed by atoms with van der Waals surface area (Å²) in [6.07, 6.45) is 1.69. The van der Waals surface area contributed by atoms with E-state index >= 15 is 0 Å². The summed E-state index contributed by atoms with van der Waals surface area (Å²) in [5, 5.41) is 19.2. The molecule has 1 N–H and O–H groups in total. The first-order valence-corrected chi connectivity index (χ1v) is 12.3. The first-order valence-electron chi connectivity index (χ1n) is 12.3. The molecule has 182 valence electrons. The van der Waals surface area contributed by atoms with E-state index in [9.17, 15) is 4.79 Å². The second-order valence-electron chi connectivity index (χ2n) is 8.97. The fourth-order valence-electron chi connectivity index (χ4n) is 4.36. The van der Waals surface area contributed by atoms with E-state index in [1.54, 1.807) is 4.68 Å². The summed E-state index contributed by atoms with van der Waals surface area (Å²) < 4.78 is 3.44. The molecule has 0 aliphatic heterocycles. The molecule has 36 heavy (non-hydrogen) atoms. The molecule has 2 heterocycles. The van der Waals surface area contributed by atoms with Gasteiger partial charge in [0.15, 0.2) is 0 Å². The van der Waals surface area contributed by atoms with Crippen LogP contribution in [0.1, 0.15) is 43.1 Å². The van der Waals surface area contributed by atoms with Gasteiger partial charge in [-0.15, -0.1) is 10.2 Å². The van der Waals surface area contributed by atoms with Crippen LogP contribution in [0.25, 0.3) is 22.5 Å². The Morgan fingerprint density at radius 2 is 1.61 bits per heavy atom. The number of nitrogens with zero attached hydrogens (tertiary/aromatic N) is 6.